The molecule has 0 aromatic heterocycles. The van der Waals surface area contributed by atoms with Crippen LogP contribution in [0.2, 0.25) is 0 Å². The molecule has 0 fully saturated rings. The minimum absolute atomic E-state index is 0.416. The average Bonchev–Trinajstić information content (AvgIpc) is 1.99. The summed E-state index contributed by atoms with van der Waals surface area (Å²) >= 11 is 0. The maximum atomic E-state index is 10.4. The Hall–Kier alpha value is -1.58. The van der Waals surface area contributed by atoms with Gasteiger partial charge in [0.05, 0.1) is 6.26 Å². The first-order valence-electron chi connectivity index (χ1n) is 2.84. The van der Waals surface area contributed by atoms with Crippen molar-refractivity contribution >= 4 is 11.8 Å². The minimum atomic E-state index is -1.51. The van der Waals surface area contributed by atoms with Crippen molar-refractivity contribution in [3.8, 4) is 0 Å². The number of carbonyl (C=O) groups excluding carboxylic acids is 1. The quantitative estimate of drug-likeness (QED) is 0.272. The molecule has 4 heteroatoms. The molecule has 2 N–H and O–H groups in total. The van der Waals surface area contributed by atoms with Crippen LogP contribution in [0.5, 0.6) is 0 Å². The van der Waals surface area contributed by atoms with Crippen molar-refractivity contribution in [3.05, 3.63) is 24.0 Å². The van der Waals surface area contributed by atoms with Gasteiger partial charge in [-0.3, -0.25) is 4.79 Å². The summed E-state index contributed by atoms with van der Waals surface area (Å²) in [6.07, 6.45) is 2.88. The van der Waals surface area contributed by atoms with Gasteiger partial charge in [0, 0.05) is 0 Å². The molecular weight excluding hydrogens is 148 g/mol. The average molecular weight is 156 g/mol. The van der Waals surface area contributed by atoms with Gasteiger partial charge >= 0.3 is 5.97 Å². The molecule has 0 atom stereocenters. The van der Waals surface area contributed by atoms with E-state index in [0.717, 1.165) is 12.3 Å². The van der Waals surface area contributed by atoms with Crippen LogP contribution in [0.25, 0.3) is 0 Å². The van der Waals surface area contributed by atoms with Crippen molar-refractivity contribution in [3.63, 3.8) is 0 Å². The molecule has 11 heavy (non-hydrogen) atoms. The van der Waals surface area contributed by atoms with Crippen LogP contribution in [0.4, 0.5) is 0 Å². The Kier molecular flexibility index (Phi) is 3.66. The zero-order valence-corrected chi connectivity index (χ0v) is 5.94. The van der Waals surface area contributed by atoms with Crippen molar-refractivity contribution in [2.24, 2.45) is 0 Å². The van der Waals surface area contributed by atoms with E-state index >= 15 is 0 Å². The van der Waals surface area contributed by atoms with E-state index in [9.17, 15) is 9.59 Å². The topological polar surface area (TPSA) is 74.6 Å². The number of ketones is 1. The highest BCUT2D eigenvalue weighted by Gasteiger charge is 2.04. The lowest BCUT2D eigenvalue weighted by molar-refractivity contribution is -0.146. The zero-order chi connectivity index (χ0) is 8.85. The molecule has 4 nitrogen and oxygen atoms in total. The molecular formula is C7H8O4. The van der Waals surface area contributed by atoms with E-state index in [0.29, 0.717) is 5.57 Å². The fraction of sp³-hybridized carbons (Fsp3) is 0.143. The molecule has 0 aromatic rings. The molecule has 60 valence electrons. The number of allylic oxidation sites excluding steroid dienone is 2. The second-order valence-corrected chi connectivity index (χ2v) is 1.88. The van der Waals surface area contributed by atoms with Crippen LogP contribution in [-0.4, -0.2) is 22.0 Å². The van der Waals surface area contributed by atoms with Crippen LogP contribution in [0.15, 0.2) is 24.0 Å². The molecule has 0 radical (unpaired) electrons. The molecule has 0 unspecified atom stereocenters. The van der Waals surface area contributed by atoms with Crippen molar-refractivity contribution in [1.29, 1.82) is 0 Å². The molecule has 0 aliphatic carbocycles. The first-order valence-corrected chi connectivity index (χ1v) is 2.84. The molecule has 0 aliphatic rings. The lowest BCUT2D eigenvalue weighted by atomic mass is 10.2. The van der Waals surface area contributed by atoms with E-state index in [1.54, 1.807) is 0 Å². The Labute approximate surface area is 63.5 Å². The molecule has 0 aliphatic heterocycles. The van der Waals surface area contributed by atoms with Gasteiger partial charge in [-0.05, 0) is 18.6 Å². The second kappa shape index (κ2) is 4.27. The molecule has 0 heterocycles. The summed E-state index contributed by atoms with van der Waals surface area (Å²) in [4.78, 5) is 20.3. The predicted molar refractivity (Wildman–Crippen MR) is 38.2 cm³/mol. The Bertz CT molecular complexity index is 225. The van der Waals surface area contributed by atoms with Crippen molar-refractivity contribution in [1.82, 2.24) is 0 Å². The first kappa shape index (κ1) is 9.42. The molecule has 0 spiro atoms. The fourth-order valence-corrected chi connectivity index (χ4v) is 0.321. The third-order valence-electron chi connectivity index (χ3n) is 0.912. The van der Waals surface area contributed by atoms with E-state index in [2.05, 4.69) is 0 Å². The monoisotopic (exact) mass is 156 g/mol. The number of hydrogen-bond acceptors (Lipinski definition) is 3. The fourth-order valence-electron chi connectivity index (χ4n) is 0.321. The Morgan fingerprint density at radius 3 is 2.18 bits per heavy atom. The number of aliphatic hydroxyl groups is 1. The van der Waals surface area contributed by atoms with Gasteiger partial charge in [-0.1, -0.05) is 6.08 Å². The Morgan fingerprint density at radius 1 is 1.27 bits per heavy atom. The number of carboxylic acids is 1. The molecule has 0 saturated carbocycles. The summed E-state index contributed by atoms with van der Waals surface area (Å²) in [5.74, 6) is -2.52. The number of carboxylic acid groups (broad SMARTS) is 1. The lowest BCUT2D eigenvalue weighted by Crippen LogP contribution is -2.08. The highest BCUT2D eigenvalue weighted by molar-refractivity contribution is 6.37. The van der Waals surface area contributed by atoms with Gasteiger partial charge in [-0.25, -0.2) is 4.79 Å². The first-order chi connectivity index (χ1) is 5.07. The SMILES string of the molecule is CC(=C/O)/C=C/C(=O)C(=O)O. The van der Waals surface area contributed by atoms with E-state index in [1.807, 2.05) is 0 Å². The zero-order valence-electron chi connectivity index (χ0n) is 5.94. The Morgan fingerprint density at radius 2 is 1.82 bits per heavy atom. The summed E-state index contributed by atoms with van der Waals surface area (Å²) in [6.45, 7) is 1.53. The highest BCUT2D eigenvalue weighted by Crippen LogP contribution is 1.92. The summed E-state index contributed by atoms with van der Waals surface area (Å²) in [6, 6.07) is 0. The van der Waals surface area contributed by atoms with Gasteiger partial charge in [0.2, 0.25) is 0 Å². The molecule has 0 aromatic carbocycles. The second-order valence-electron chi connectivity index (χ2n) is 1.88. The largest absolute Gasteiger partial charge is 0.515 e. The van der Waals surface area contributed by atoms with E-state index < -0.39 is 11.8 Å². The third-order valence-corrected chi connectivity index (χ3v) is 0.912. The predicted octanol–water partition coefficient (Wildman–Crippen LogP) is 0.658. The van der Waals surface area contributed by atoms with Crippen LogP contribution in [0, 0.1) is 0 Å². The smallest absolute Gasteiger partial charge is 0.376 e. The summed E-state index contributed by atoms with van der Waals surface area (Å²) < 4.78 is 0. The number of hydrogen-bond donors (Lipinski definition) is 2. The minimum Gasteiger partial charge on any atom is -0.515 e. The lowest BCUT2D eigenvalue weighted by Gasteiger charge is -1.85. The molecule has 0 saturated heterocycles. The van der Waals surface area contributed by atoms with Crippen molar-refractivity contribution < 1.29 is 19.8 Å². The van der Waals surface area contributed by atoms with Crippen LogP contribution >= 0.6 is 0 Å². The molecule has 0 rings (SSSR count). The number of carbonyl (C=O) groups is 2. The van der Waals surface area contributed by atoms with Gasteiger partial charge in [0.25, 0.3) is 5.78 Å². The molecule has 0 amide bonds. The van der Waals surface area contributed by atoms with Gasteiger partial charge in [0.1, 0.15) is 0 Å². The normalized spacial score (nSPS) is 11.9. The Balaban J connectivity index is 4.15. The van der Waals surface area contributed by atoms with E-state index in [-0.39, 0.29) is 0 Å². The number of aliphatic carboxylic acids is 1. The summed E-state index contributed by atoms with van der Waals surface area (Å²) in [5.41, 5.74) is 0.416. The summed E-state index contributed by atoms with van der Waals surface area (Å²) in [7, 11) is 0. The van der Waals surface area contributed by atoms with Gasteiger partial charge < -0.3 is 10.2 Å². The summed E-state index contributed by atoms with van der Waals surface area (Å²) in [5, 5.41) is 16.4. The maximum absolute atomic E-state index is 10.4. The van der Waals surface area contributed by atoms with Crippen LogP contribution < -0.4 is 0 Å². The van der Waals surface area contributed by atoms with Crippen molar-refractivity contribution in [2.75, 3.05) is 0 Å². The maximum Gasteiger partial charge on any atom is 0.376 e. The van der Waals surface area contributed by atoms with E-state index in [4.69, 9.17) is 10.2 Å². The van der Waals surface area contributed by atoms with Gasteiger partial charge in [0.15, 0.2) is 0 Å². The molecule has 0 bridgehead atoms. The van der Waals surface area contributed by atoms with Gasteiger partial charge in [-0.15, -0.1) is 0 Å². The van der Waals surface area contributed by atoms with Crippen molar-refractivity contribution in [2.45, 2.75) is 6.92 Å². The standard InChI is InChI=1S/C7H8O4/c1-5(4-8)2-3-6(9)7(10)11/h2-4,8H,1H3,(H,10,11)/b3-2+,5-4-. The number of rotatable bonds is 3. The van der Waals surface area contributed by atoms with Crippen LogP contribution in [0.1, 0.15) is 6.92 Å². The van der Waals surface area contributed by atoms with Crippen LogP contribution in [0.3, 0.4) is 0 Å². The van der Waals surface area contributed by atoms with Crippen LogP contribution in [-0.2, 0) is 9.59 Å². The number of aliphatic hydroxyl groups excluding tert-OH is 1. The van der Waals surface area contributed by atoms with Gasteiger partial charge in [-0.2, -0.15) is 0 Å². The third kappa shape index (κ3) is 3.91. The highest BCUT2D eigenvalue weighted by atomic mass is 16.4. The van der Waals surface area contributed by atoms with E-state index in [1.165, 1.54) is 13.0 Å².